The van der Waals surface area contributed by atoms with Crippen molar-refractivity contribution in [1.29, 1.82) is 0 Å². The molecule has 0 fully saturated rings. The summed E-state index contributed by atoms with van der Waals surface area (Å²) >= 11 is 6.11. The van der Waals surface area contributed by atoms with Crippen LogP contribution in [0.5, 0.6) is 5.75 Å². The van der Waals surface area contributed by atoms with E-state index in [1.165, 1.54) is 11.7 Å². The van der Waals surface area contributed by atoms with Gasteiger partial charge in [-0.3, -0.25) is 4.57 Å². The van der Waals surface area contributed by atoms with Crippen LogP contribution in [0.4, 0.5) is 4.79 Å². The predicted molar refractivity (Wildman–Crippen MR) is 61.3 cm³/mol. The summed E-state index contributed by atoms with van der Waals surface area (Å²) in [4.78, 5) is 11.4. The molecule has 0 aliphatic rings. The molecule has 0 bridgehead atoms. The van der Waals surface area contributed by atoms with Crippen molar-refractivity contribution in [1.82, 2.24) is 4.57 Å². The summed E-state index contributed by atoms with van der Waals surface area (Å²) in [6, 6.07) is 5.22. The normalized spacial score (nSPS) is 10.4. The van der Waals surface area contributed by atoms with Crippen LogP contribution in [0.1, 0.15) is 0 Å². The summed E-state index contributed by atoms with van der Waals surface area (Å²) in [5.74, 6) is 0.580. The minimum absolute atomic E-state index is 0.448. The van der Waals surface area contributed by atoms with E-state index in [0.29, 0.717) is 16.3 Å². The second kappa shape index (κ2) is 4.06. The van der Waals surface area contributed by atoms with Gasteiger partial charge in [-0.2, -0.15) is 0 Å². The highest BCUT2D eigenvalue weighted by Crippen LogP contribution is 2.33. The summed E-state index contributed by atoms with van der Waals surface area (Å²) in [7, 11) is 2.88. The molecule has 84 valence electrons. The van der Waals surface area contributed by atoms with Gasteiger partial charge in [0.25, 0.3) is 0 Å². The maximum atomic E-state index is 11.4. The van der Waals surface area contributed by atoms with Crippen LogP contribution in [0, 0.1) is 0 Å². The van der Waals surface area contributed by atoms with Gasteiger partial charge < -0.3 is 9.47 Å². The quantitative estimate of drug-likeness (QED) is 0.768. The molecular formula is C11H10ClNO3. The Hall–Kier alpha value is -1.68. The number of rotatable bonds is 1. The number of hydrogen-bond acceptors (Lipinski definition) is 3. The third-order valence-electron chi connectivity index (χ3n) is 2.36. The van der Waals surface area contributed by atoms with Gasteiger partial charge in [0.05, 0.1) is 24.8 Å². The molecule has 0 saturated heterocycles. The Morgan fingerprint density at radius 1 is 1.31 bits per heavy atom. The molecule has 5 heteroatoms. The summed E-state index contributed by atoms with van der Waals surface area (Å²) in [5.41, 5.74) is 0.692. The topological polar surface area (TPSA) is 40.5 Å². The average molecular weight is 240 g/mol. The first kappa shape index (κ1) is 10.8. The highest BCUT2D eigenvalue weighted by atomic mass is 35.5. The molecule has 0 unspecified atom stereocenters. The van der Waals surface area contributed by atoms with Crippen LogP contribution in [-0.2, 0) is 4.74 Å². The van der Waals surface area contributed by atoms with E-state index in [4.69, 9.17) is 16.3 Å². The second-order valence-corrected chi connectivity index (χ2v) is 3.55. The number of ether oxygens (including phenoxy) is 2. The Labute approximate surface area is 97.3 Å². The standard InChI is InChI=1S/C11H10ClNO3/c1-15-9-4-3-8-7(10(9)12)5-6-13(8)11(14)16-2/h3-6H,1-2H3. The van der Waals surface area contributed by atoms with E-state index in [2.05, 4.69) is 4.74 Å². The molecular weight excluding hydrogens is 230 g/mol. The largest absolute Gasteiger partial charge is 0.495 e. The van der Waals surface area contributed by atoms with Crippen molar-refractivity contribution in [2.45, 2.75) is 0 Å². The maximum Gasteiger partial charge on any atom is 0.418 e. The van der Waals surface area contributed by atoms with E-state index < -0.39 is 6.09 Å². The number of benzene rings is 1. The van der Waals surface area contributed by atoms with Crippen molar-refractivity contribution < 1.29 is 14.3 Å². The Kier molecular flexibility index (Phi) is 2.75. The number of carbonyl (C=O) groups excluding carboxylic acids is 1. The van der Waals surface area contributed by atoms with E-state index in [9.17, 15) is 4.79 Å². The van der Waals surface area contributed by atoms with Crippen molar-refractivity contribution in [3.63, 3.8) is 0 Å². The first-order valence-electron chi connectivity index (χ1n) is 4.61. The molecule has 2 rings (SSSR count). The van der Waals surface area contributed by atoms with Crippen LogP contribution in [0.3, 0.4) is 0 Å². The van der Waals surface area contributed by atoms with Gasteiger partial charge in [0.2, 0.25) is 0 Å². The van der Waals surface area contributed by atoms with Crippen molar-refractivity contribution in [2.75, 3.05) is 14.2 Å². The van der Waals surface area contributed by atoms with Crippen LogP contribution in [0.15, 0.2) is 24.4 Å². The molecule has 0 radical (unpaired) electrons. The fourth-order valence-electron chi connectivity index (χ4n) is 1.58. The lowest BCUT2D eigenvalue weighted by Crippen LogP contribution is -2.09. The van der Waals surface area contributed by atoms with Crippen LogP contribution in [-0.4, -0.2) is 24.9 Å². The van der Waals surface area contributed by atoms with Crippen LogP contribution in [0.25, 0.3) is 10.9 Å². The third-order valence-corrected chi connectivity index (χ3v) is 2.75. The number of hydrogen-bond donors (Lipinski definition) is 0. The predicted octanol–water partition coefficient (Wildman–Crippen LogP) is 2.92. The fourth-order valence-corrected chi connectivity index (χ4v) is 1.88. The van der Waals surface area contributed by atoms with Gasteiger partial charge in [-0.25, -0.2) is 4.79 Å². The van der Waals surface area contributed by atoms with Crippen molar-refractivity contribution >= 4 is 28.6 Å². The molecule has 2 aromatic rings. The summed E-state index contributed by atoms with van der Waals surface area (Å²) in [6.45, 7) is 0. The molecule has 0 amide bonds. The van der Waals surface area contributed by atoms with Crippen molar-refractivity contribution in [3.8, 4) is 5.75 Å². The van der Waals surface area contributed by atoms with Crippen molar-refractivity contribution in [2.24, 2.45) is 0 Å². The minimum Gasteiger partial charge on any atom is -0.495 e. The molecule has 0 saturated carbocycles. The van der Waals surface area contributed by atoms with E-state index in [-0.39, 0.29) is 0 Å². The number of methoxy groups -OCH3 is 2. The third kappa shape index (κ3) is 1.51. The Morgan fingerprint density at radius 3 is 2.69 bits per heavy atom. The molecule has 0 N–H and O–H groups in total. The van der Waals surface area contributed by atoms with Gasteiger partial charge in [0.1, 0.15) is 5.75 Å². The van der Waals surface area contributed by atoms with Gasteiger partial charge in [-0.15, -0.1) is 0 Å². The van der Waals surface area contributed by atoms with Crippen LogP contribution >= 0.6 is 11.6 Å². The summed E-state index contributed by atoms with van der Waals surface area (Å²) in [6.07, 6.45) is 1.16. The number of aromatic nitrogens is 1. The van der Waals surface area contributed by atoms with Gasteiger partial charge in [-0.05, 0) is 18.2 Å². The highest BCUT2D eigenvalue weighted by Gasteiger charge is 2.13. The molecule has 1 heterocycles. The number of carbonyl (C=O) groups is 1. The lowest BCUT2D eigenvalue weighted by Gasteiger charge is -2.05. The lowest BCUT2D eigenvalue weighted by atomic mass is 10.2. The van der Waals surface area contributed by atoms with Gasteiger partial charge >= 0.3 is 6.09 Å². The van der Waals surface area contributed by atoms with Gasteiger partial charge in [0, 0.05) is 11.6 Å². The first-order valence-corrected chi connectivity index (χ1v) is 4.98. The number of fused-ring (bicyclic) bond motifs is 1. The molecule has 1 aromatic heterocycles. The van der Waals surface area contributed by atoms with E-state index in [0.717, 1.165) is 5.39 Å². The summed E-state index contributed by atoms with van der Waals surface area (Å²) < 4.78 is 11.1. The fraction of sp³-hybridized carbons (Fsp3) is 0.182. The monoisotopic (exact) mass is 239 g/mol. The van der Waals surface area contributed by atoms with E-state index in [1.54, 1.807) is 31.5 Å². The maximum absolute atomic E-state index is 11.4. The molecule has 0 aliphatic heterocycles. The molecule has 4 nitrogen and oxygen atoms in total. The lowest BCUT2D eigenvalue weighted by molar-refractivity contribution is 0.174. The first-order chi connectivity index (χ1) is 7.69. The Bertz CT molecular complexity index is 547. The highest BCUT2D eigenvalue weighted by molar-refractivity contribution is 6.37. The van der Waals surface area contributed by atoms with Crippen molar-refractivity contribution in [3.05, 3.63) is 29.4 Å². The number of halogens is 1. The smallest absolute Gasteiger partial charge is 0.418 e. The summed E-state index contributed by atoms with van der Waals surface area (Å²) in [5, 5.41) is 1.24. The molecule has 0 spiro atoms. The molecule has 0 aliphatic carbocycles. The second-order valence-electron chi connectivity index (χ2n) is 3.17. The minimum atomic E-state index is -0.448. The van der Waals surface area contributed by atoms with Crippen LogP contribution < -0.4 is 4.74 Å². The zero-order valence-electron chi connectivity index (χ0n) is 8.86. The SMILES string of the molecule is COC(=O)n1ccc2c(Cl)c(OC)ccc21. The Balaban J connectivity index is 2.67. The number of nitrogens with zero attached hydrogens (tertiary/aromatic N) is 1. The average Bonchev–Trinajstić information content (AvgIpc) is 2.73. The molecule has 1 aromatic carbocycles. The molecule has 16 heavy (non-hydrogen) atoms. The Morgan fingerprint density at radius 2 is 2.06 bits per heavy atom. The van der Waals surface area contributed by atoms with E-state index >= 15 is 0 Å². The zero-order valence-corrected chi connectivity index (χ0v) is 9.62. The zero-order chi connectivity index (χ0) is 11.7. The van der Waals surface area contributed by atoms with Gasteiger partial charge in [0.15, 0.2) is 0 Å². The van der Waals surface area contributed by atoms with Crippen LogP contribution in [0.2, 0.25) is 5.02 Å². The van der Waals surface area contributed by atoms with E-state index in [1.807, 2.05) is 0 Å². The van der Waals surface area contributed by atoms with Gasteiger partial charge in [-0.1, -0.05) is 11.6 Å². The molecule has 0 atom stereocenters.